The van der Waals surface area contributed by atoms with Crippen LogP contribution >= 0.6 is 0 Å². The topological polar surface area (TPSA) is 52.6 Å². The second-order valence-corrected chi connectivity index (χ2v) is 5.25. The number of anilines is 1. The van der Waals surface area contributed by atoms with Crippen LogP contribution in [0.1, 0.15) is 31.2 Å². The first-order chi connectivity index (χ1) is 8.73. The smallest absolute Gasteiger partial charge is 0.250 e. The molecule has 1 spiro atoms. The minimum absolute atomic E-state index is 0.0506. The first-order valence-electron chi connectivity index (χ1n) is 6.55. The van der Waals surface area contributed by atoms with Crippen LogP contribution in [0.4, 0.5) is 5.69 Å². The highest BCUT2D eigenvalue weighted by Crippen LogP contribution is 2.44. The fourth-order valence-electron chi connectivity index (χ4n) is 3.25. The fourth-order valence-corrected chi connectivity index (χ4v) is 3.25. The van der Waals surface area contributed by atoms with Gasteiger partial charge < -0.3 is 5.32 Å². The number of fused-ring (bicyclic) bond motifs is 2. The summed E-state index contributed by atoms with van der Waals surface area (Å²) in [4.78, 5) is 11.9. The van der Waals surface area contributed by atoms with Crippen molar-refractivity contribution in [2.75, 3.05) is 18.2 Å². The van der Waals surface area contributed by atoms with E-state index in [9.17, 15) is 10.0 Å². The molecule has 0 aliphatic carbocycles. The molecule has 2 aliphatic heterocycles. The van der Waals surface area contributed by atoms with Gasteiger partial charge in [-0.25, -0.2) is 0 Å². The van der Waals surface area contributed by atoms with Gasteiger partial charge in [-0.1, -0.05) is 18.2 Å². The van der Waals surface area contributed by atoms with Crippen molar-refractivity contribution < 1.29 is 10.0 Å². The van der Waals surface area contributed by atoms with Gasteiger partial charge in [-0.15, -0.1) is 0 Å². The molecule has 3 rings (SSSR count). The van der Waals surface area contributed by atoms with E-state index in [0.29, 0.717) is 12.1 Å². The van der Waals surface area contributed by atoms with Gasteiger partial charge in [0.15, 0.2) is 0 Å². The van der Waals surface area contributed by atoms with Crippen LogP contribution in [0.5, 0.6) is 0 Å². The van der Waals surface area contributed by atoms with Crippen molar-refractivity contribution in [1.82, 2.24) is 5.32 Å². The zero-order chi connectivity index (χ0) is 12.6. The molecule has 0 aromatic heterocycles. The average molecular weight is 246 g/mol. The number of para-hydroxylation sites is 1. The fraction of sp³-hybridized carbons (Fsp3) is 0.500. The van der Waals surface area contributed by atoms with E-state index >= 15 is 0 Å². The molecule has 2 heterocycles. The van der Waals surface area contributed by atoms with Gasteiger partial charge in [0, 0.05) is 11.8 Å². The van der Waals surface area contributed by atoms with Gasteiger partial charge in [0.2, 0.25) is 0 Å². The number of carbonyl (C=O) groups excluding carboxylic acids is 1. The van der Waals surface area contributed by atoms with Gasteiger partial charge in [0.25, 0.3) is 5.91 Å². The van der Waals surface area contributed by atoms with Crippen LogP contribution in [0.2, 0.25) is 0 Å². The third-order valence-corrected chi connectivity index (χ3v) is 4.32. The maximum Gasteiger partial charge on any atom is 0.250 e. The number of carbonyl (C=O) groups is 1. The number of benzene rings is 1. The van der Waals surface area contributed by atoms with E-state index in [2.05, 4.69) is 11.4 Å². The van der Waals surface area contributed by atoms with Crippen molar-refractivity contribution in [3.8, 4) is 0 Å². The Labute approximate surface area is 107 Å². The molecule has 1 fully saturated rings. The molecule has 1 aromatic rings. The summed E-state index contributed by atoms with van der Waals surface area (Å²) in [6.07, 6.45) is 3.32. The number of rotatable bonds is 0. The van der Waals surface area contributed by atoms with Crippen molar-refractivity contribution >= 4 is 11.6 Å². The van der Waals surface area contributed by atoms with Crippen LogP contribution in [0.3, 0.4) is 0 Å². The summed E-state index contributed by atoms with van der Waals surface area (Å²) in [5.74, 6) is -0.196. The predicted molar refractivity (Wildman–Crippen MR) is 68.7 cm³/mol. The number of piperidine rings is 1. The third kappa shape index (κ3) is 1.72. The van der Waals surface area contributed by atoms with Crippen LogP contribution in [0.25, 0.3) is 0 Å². The molecule has 0 unspecified atom stereocenters. The monoisotopic (exact) mass is 246 g/mol. The standard InChI is InChI=1S/C14H18N2O2/c17-13-5-6-14(7-9-15-10-8-14)11-3-1-2-4-12(11)16(13)18/h1-4,15,18H,5-10H2. The lowest BCUT2D eigenvalue weighted by Gasteiger charge is -2.38. The number of hydrogen-bond acceptors (Lipinski definition) is 3. The van der Waals surface area contributed by atoms with Crippen LogP contribution < -0.4 is 10.4 Å². The Morgan fingerprint density at radius 1 is 1.17 bits per heavy atom. The molecule has 0 atom stereocenters. The molecule has 0 bridgehead atoms. The molecule has 0 saturated carbocycles. The average Bonchev–Trinajstić information content (AvgIpc) is 2.53. The zero-order valence-corrected chi connectivity index (χ0v) is 10.4. The molecular weight excluding hydrogens is 228 g/mol. The molecule has 18 heavy (non-hydrogen) atoms. The van der Waals surface area contributed by atoms with Crippen molar-refractivity contribution in [3.05, 3.63) is 29.8 Å². The number of nitrogens with zero attached hydrogens (tertiary/aromatic N) is 1. The van der Waals surface area contributed by atoms with E-state index in [1.54, 1.807) is 0 Å². The van der Waals surface area contributed by atoms with Crippen LogP contribution in [-0.4, -0.2) is 24.2 Å². The highest BCUT2D eigenvalue weighted by Gasteiger charge is 2.39. The Morgan fingerprint density at radius 2 is 1.89 bits per heavy atom. The summed E-state index contributed by atoms with van der Waals surface area (Å²) in [6, 6.07) is 7.76. The third-order valence-electron chi connectivity index (χ3n) is 4.32. The van der Waals surface area contributed by atoms with E-state index in [4.69, 9.17) is 0 Å². The van der Waals surface area contributed by atoms with E-state index in [-0.39, 0.29) is 11.3 Å². The van der Waals surface area contributed by atoms with Crippen LogP contribution in [0, 0.1) is 0 Å². The second-order valence-electron chi connectivity index (χ2n) is 5.25. The quantitative estimate of drug-likeness (QED) is 0.687. The van der Waals surface area contributed by atoms with E-state index in [0.717, 1.165) is 43.0 Å². The maximum absolute atomic E-state index is 11.9. The number of amides is 1. The van der Waals surface area contributed by atoms with Crippen molar-refractivity contribution in [2.24, 2.45) is 0 Å². The van der Waals surface area contributed by atoms with Gasteiger partial charge in [-0.2, -0.15) is 5.06 Å². The van der Waals surface area contributed by atoms with Gasteiger partial charge >= 0.3 is 0 Å². The lowest BCUT2D eigenvalue weighted by atomic mass is 9.70. The second kappa shape index (κ2) is 4.37. The summed E-state index contributed by atoms with van der Waals surface area (Å²) in [7, 11) is 0. The van der Waals surface area contributed by atoms with Crippen molar-refractivity contribution in [2.45, 2.75) is 31.1 Å². The van der Waals surface area contributed by atoms with Crippen LogP contribution in [-0.2, 0) is 10.2 Å². The SMILES string of the molecule is O=C1CCC2(CCNCC2)c2ccccc2N1O. The number of hydroxylamine groups is 1. The molecule has 4 heteroatoms. The lowest BCUT2D eigenvalue weighted by molar-refractivity contribution is -0.123. The van der Waals surface area contributed by atoms with Gasteiger partial charge in [0.1, 0.15) is 0 Å². The van der Waals surface area contributed by atoms with E-state index in [1.807, 2.05) is 18.2 Å². The molecule has 1 saturated heterocycles. The van der Waals surface area contributed by atoms with Crippen LogP contribution in [0.15, 0.2) is 24.3 Å². The number of hydrogen-bond donors (Lipinski definition) is 2. The normalized spacial score (nSPS) is 22.7. The molecule has 2 N–H and O–H groups in total. The minimum Gasteiger partial charge on any atom is -0.317 e. The molecule has 1 aromatic carbocycles. The van der Waals surface area contributed by atoms with Gasteiger partial charge in [0.05, 0.1) is 5.69 Å². The molecule has 96 valence electrons. The minimum atomic E-state index is -0.196. The molecule has 1 amide bonds. The summed E-state index contributed by atoms with van der Waals surface area (Å²) < 4.78 is 0. The van der Waals surface area contributed by atoms with E-state index in [1.165, 1.54) is 0 Å². The Morgan fingerprint density at radius 3 is 2.67 bits per heavy atom. The summed E-state index contributed by atoms with van der Waals surface area (Å²) in [6.45, 7) is 1.96. The Bertz CT molecular complexity index is 467. The Kier molecular flexibility index (Phi) is 2.84. The van der Waals surface area contributed by atoms with E-state index < -0.39 is 0 Å². The molecule has 4 nitrogen and oxygen atoms in total. The Balaban J connectivity index is 2.11. The highest BCUT2D eigenvalue weighted by molar-refractivity contribution is 5.93. The zero-order valence-electron chi connectivity index (χ0n) is 10.4. The maximum atomic E-state index is 11.9. The first kappa shape index (κ1) is 11.7. The summed E-state index contributed by atoms with van der Waals surface area (Å²) in [5.41, 5.74) is 1.84. The molecule has 0 radical (unpaired) electrons. The van der Waals surface area contributed by atoms with Crippen molar-refractivity contribution in [1.29, 1.82) is 0 Å². The van der Waals surface area contributed by atoms with Gasteiger partial charge in [-0.05, 0) is 44.0 Å². The summed E-state index contributed by atoms with van der Waals surface area (Å²) in [5, 5.41) is 14.2. The molecular formula is C14H18N2O2. The molecule has 2 aliphatic rings. The largest absolute Gasteiger partial charge is 0.317 e. The summed E-state index contributed by atoms with van der Waals surface area (Å²) >= 11 is 0. The van der Waals surface area contributed by atoms with Crippen molar-refractivity contribution in [3.63, 3.8) is 0 Å². The first-order valence-corrected chi connectivity index (χ1v) is 6.55. The predicted octanol–water partition coefficient (Wildman–Crippen LogP) is 1.82. The lowest BCUT2D eigenvalue weighted by Crippen LogP contribution is -2.39. The Hall–Kier alpha value is -1.39. The highest BCUT2D eigenvalue weighted by atomic mass is 16.5. The van der Waals surface area contributed by atoms with Gasteiger partial charge in [-0.3, -0.25) is 10.0 Å². The number of nitrogens with one attached hydrogen (secondary N) is 1.